The minimum atomic E-state index is -0.786. The molecule has 1 unspecified atom stereocenters. The Morgan fingerprint density at radius 1 is 1.39 bits per heavy atom. The van der Waals surface area contributed by atoms with Crippen LogP contribution in [0.4, 0.5) is 11.5 Å². The van der Waals surface area contributed by atoms with Crippen molar-refractivity contribution in [3.8, 4) is 5.75 Å². The summed E-state index contributed by atoms with van der Waals surface area (Å²) >= 11 is 0. The van der Waals surface area contributed by atoms with E-state index < -0.39 is 17.0 Å². The number of methoxy groups -OCH3 is 1. The first kappa shape index (κ1) is 19.7. The molecule has 0 fully saturated rings. The Bertz CT molecular complexity index is 1010. The van der Waals surface area contributed by atoms with Gasteiger partial charge in [0.2, 0.25) is 0 Å². The molecule has 150 valence electrons. The van der Waals surface area contributed by atoms with Crippen LogP contribution >= 0.6 is 0 Å². The van der Waals surface area contributed by atoms with Gasteiger partial charge in [-0.3, -0.25) is 19.1 Å². The van der Waals surface area contributed by atoms with Crippen molar-refractivity contribution in [2.75, 3.05) is 37.4 Å². The predicted octanol–water partition coefficient (Wildman–Crippen LogP) is 0.544. The topological polar surface area (TPSA) is 120 Å². The zero-order chi connectivity index (χ0) is 20.4. The van der Waals surface area contributed by atoms with E-state index in [0.29, 0.717) is 12.3 Å². The minimum absolute atomic E-state index is 0.0560. The van der Waals surface area contributed by atoms with Crippen LogP contribution < -0.4 is 26.6 Å². The van der Waals surface area contributed by atoms with Crippen molar-refractivity contribution < 1.29 is 14.3 Å². The van der Waals surface area contributed by atoms with Gasteiger partial charge < -0.3 is 20.1 Å². The summed E-state index contributed by atoms with van der Waals surface area (Å²) in [7, 11) is 1.48. The summed E-state index contributed by atoms with van der Waals surface area (Å²) in [6, 6.07) is 5.73. The molecular weight excluding hydrogens is 364 g/mol. The van der Waals surface area contributed by atoms with Crippen molar-refractivity contribution in [1.29, 1.82) is 0 Å². The van der Waals surface area contributed by atoms with E-state index in [9.17, 15) is 14.4 Å². The van der Waals surface area contributed by atoms with Gasteiger partial charge in [-0.15, -0.1) is 0 Å². The lowest BCUT2D eigenvalue weighted by atomic mass is 10.1. The molecule has 1 aliphatic rings. The summed E-state index contributed by atoms with van der Waals surface area (Å²) in [5.74, 6) is 0.0743. The predicted molar refractivity (Wildman–Crippen MR) is 105 cm³/mol. The van der Waals surface area contributed by atoms with Gasteiger partial charge in [0.1, 0.15) is 23.2 Å². The summed E-state index contributed by atoms with van der Waals surface area (Å²) in [6.07, 6.45) is -0.117. The number of nitrogens with two attached hydrogens (primary N) is 1. The molecule has 0 bridgehead atoms. The molecule has 3 N–H and O–H groups in total. The number of aryl methyl sites for hydroxylation is 1. The van der Waals surface area contributed by atoms with E-state index in [-0.39, 0.29) is 37.2 Å². The molecule has 9 nitrogen and oxygen atoms in total. The molecule has 1 aromatic carbocycles. The highest BCUT2D eigenvalue weighted by Crippen LogP contribution is 2.34. The van der Waals surface area contributed by atoms with Crippen molar-refractivity contribution in [3.05, 3.63) is 50.2 Å². The van der Waals surface area contributed by atoms with E-state index in [2.05, 4.69) is 4.98 Å². The molecule has 0 radical (unpaired) electrons. The number of ether oxygens (including phenoxy) is 2. The van der Waals surface area contributed by atoms with Gasteiger partial charge >= 0.3 is 5.69 Å². The number of aromatic nitrogens is 2. The number of aromatic amines is 1. The van der Waals surface area contributed by atoms with Crippen LogP contribution in [0.3, 0.4) is 0 Å². The van der Waals surface area contributed by atoms with E-state index in [1.165, 1.54) is 7.11 Å². The standard InChI is InChI=1S/C19H24N4O5/c1-11-4-5-13-15(8-11)28-12(2)9-22(13)10-14(24)16-17(20)23(6-7-27-3)19(26)21-18(16)25/h4-5,8,12H,6-7,9-10,20H2,1-3H3,(H,21,25,26). The molecule has 0 aliphatic carbocycles. The molecule has 2 heterocycles. The Kier molecular flexibility index (Phi) is 5.55. The number of ketones is 1. The third kappa shape index (κ3) is 3.79. The summed E-state index contributed by atoms with van der Waals surface area (Å²) in [6.45, 7) is 4.66. The zero-order valence-corrected chi connectivity index (χ0v) is 16.2. The van der Waals surface area contributed by atoms with E-state index in [0.717, 1.165) is 15.8 Å². The molecule has 3 rings (SSSR count). The number of anilines is 2. The third-order valence-electron chi connectivity index (χ3n) is 4.63. The van der Waals surface area contributed by atoms with Gasteiger partial charge in [-0.1, -0.05) is 6.07 Å². The van der Waals surface area contributed by atoms with Crippen LogP contribution in [0.2, 0.25) is 0 Å². The molecule has 2 aromatic rings. The monoisotopic (exact) mass is 388 g/mol. The smallest absolute Gasteiger partial charge is 0.330 e. The van der Waals surface area contributed by atoms with Crippen molar-refractivity contribution in [2.24, 2.45) is 0 Å². The van der Waals surface area contributed by atoms with E-state index in [1.807, 2.05) is 36.9 Å². The lowest BCUT2D eigenvalue weighted by molar-refractivity contribution is 0.0992. The Hall–Kier alpha value is -3.07. The fraction of sp³-hybridized carbons (Fsp3) is 0.421. The van der Waals surface area contributed by atoms with Crippen LogP contribution in [0.1, 0.15) is 22.8 Å². The number of carbonyl (C=O) groups is 1. The Morgan fingerprint density at radius 3 is 2.86 bits per heavy atom. The fourth-order valence-electron chi connectivity index (χ4n) is 3.30. The number of fused-ring (bicyclic) bond motifs is 1. The molecule has 0 saturated carbocycles. The average Bonchev–Trinajstić information content (AvgIpc) is 2.60. The second-order valence-electron chi connectivity index (χ2n) is 6.87. The van der Waals surface area contributed by atoms with Crippen molar-refractivity contribution in [1.82, 2.24) is 9.55 Å². The van der Waals surface area contributed by atoms with Gasteiger partial charge in [-0.2, -0.15) is 0 Å². The van der Waals surface area contributed by atoms with E-state index in [1.54, 1.807) is 0 Å². The number of H-pyrrole nitrogens is 1. The van der Waals surface area contributed by atoms with Crippen molar-refractivity contribution in [2.45, 2.75) is 26.5 Å². The zero-order valence-electron chi connectivity index (χ0n) is 16.2. The molecule has 9 heteroatoms. The SMILES string of the molecule is COCCn1c(N)c(C(=O)CN2CC(C)Oc3cc(C)ccc32)c(=O)[nH]c1=O. The fourth-order valence-corrected chi connectivity index (χ4v) is 3.30. The first-order valence-electron chi connectivity index (χ1n) is 8.98. The maximum Gasteiger partial charge on any atom is 0.330 e. The molecule has 0 amide bonds. The summed E-state index contributed by atoms with van der Waals surface area (Å²) in [5, 5.41) is 0. The average molecular weight is 388 g/mol. The first-order valence-corrected chi connectivity index (χ1v) is 8.98. The van der Waals surface area contributed by atoms with Crippen molar-refractivity contribution in [3.63, 3.8) is 0 Å². The van der Waals surface area contributed by atoms with Crippen molar-refractivity contribution >= 4 is 17.3 Å². The maximum absolute atomic E-state index is 12.9. The minimum Gasteiger partial charge on any atom is -0.487 e. The molecule has 1 atom stereocenters. The first-order chi connectivity index (χ1) is 13.3. The highest BCUT2D eigenvalue weighted by atomic mass is 16.5. The van der Waals surface area contributed by atoms with Gasteiger partial charge in [-0.25, -0.2) is 4.79 Å². The molecule has 1 aromatic heterocycles. The largest absolute Gasteiger partial charge is 0.487 e. The lowest BCUT2D eigenvalue weighted by Crippen LogP contribution is -2.43. The third-order valence-corrected chi connectivity index (χ3v) is 4.63. The summed E-state index contributed by atoms with van der Waals surface area (Å²) in [5.41, 5.74) is 6.15. The summed E-state index contributed by atoms with van der Waals surface area (Å²) in [4.78, 5) is 41.2. The second-order valence-corrected chi connectivity index (χ2v) is 6.87. The molecule has 1 aliphatic heterocycles. The van der Waals surface area contributed by atoms with Crippen LogP contribution in [0, 0.1) is 6.92 Å². The van der Waals surface area contributed by atoms with Gasteiger partial charge in [0.25, 0.3) is 5.56 Å². The molecule has 0 saturated heterocycles. The normalized spacial score (nSPS) is 15.8. The quantitative estimate of drug-likeness (QED) is 0.693. The van der Waals surface area contributed by atoms with Crippen LogP contribution in [-0.4, -0.2) is 48.2 Å². The number of hydrogen-bond acceptors (Lipinski definition) is 7. The number of Topliss-reactive ketones (excluding diaryl/α,β-unsaturated/α-hetero) is 1. The highest BCUT2D eigenvalue weighted by molar-refractivity contribution is 6.02. The highest BCUT2D eigenvalue weighted by Gasteiger charge is 2.27. The lowest BCUT2D eigenvalue weighted by Gasteiger charge is -2.34. The number of carbonyl (C=O) groups excluding carboxylic acids is 1. The maximum atomic E-state index is 12.9. The van der Waals surface area contributed by atoms with Crippen LogP contribution in [0.5, 0.6) is 5.75 Å². The van der Waals surface area contributed by atoms with E-state index in [4.69, 9.17) is 15.2 Å². The van der Waals surface area contributed by atoms with Gasteiger partial charge in [0, 0.05) is 7.11 Å². The Labute approximate surface area is 161 Å². The number of hydrogen-bond donors (Lipinski definition) is 2. The second kappa shape index (κ2) is 7.89. The van der Waals surface area contributed by atoms with Gasteiger partial charge in [0.15, 0.2) is 5.78 Å². The summed E-state index contributed by atoms with van der Waals surface area (Å²) < 4.78 is 11.9. The van der Waals surface area contributed by atoms with E-state index >= 15 is 0 Å². The molecule has 0 spiro atoms. The Balaban J connectivity index is 1.94. The van der Waals surface area contributed by atoms with Crippen LogP contribution in [-0.2, 0) is 11.3 Å². The van der Waals surface area contributed by atoms with Gasteiger partial charge in [-0.05, 0) is 31.5 Å². The number of nitrogens with zero attached hydrogens (tertiary/aromatic N) is 2. The Morgan fingerprint density at radius 2 is 2.14 bits per heavy atom. The van der Waals surface area contributed by atoms with Crippen LogP contribution in [0.15, 0.2) is 27.8 Å². The van der Waals surface area contributed by atoms with Gasteiger partial charge in [0.05, 0.1) is 31.9 Å². The molecule has 28 heavy (non-hydrogen) atoms. The number of nitrogens with one attached hydrogen (secondary N) is 1. The molecular formula is C19H24N4O5. The number of nitrogen functional groups attached to an aromatic ring is 1. The number of rotatable bonds is 6. The van der Waals surface area contributed by atoms with Crippen LogP contribution in [0.25, 0.3) is 0 Å². The number of benzene rings is 1.